The Bertz CT molecular complexity index is 792. The van der Waals surface area contributed by atoms with Gasteiger partial charge in [0.2, 0.25) is 0 Å². The standard InChI is InChI=1S/C15H18N8/c1-2-21-11-18-13-14(21)16-10-17-15(13)23-7-5-22(6-8-23)12-3-4-19-20-9-12/h3-4,9-11H,2,5-8H2,1H3. The van der Waals surface area contributed by atoms with E-state index in [4.69, 9.17) is 0 Å². The SMILES string of the molecule is CCn1cnc2c(N3CCN(c4ccnnc4)CC3)ncnc21. The Hall–Kier alpha value is -2.77. The van der Waals surface area contributed by atoms with Crippen molar-refractivity contribution in [1.82, 2.24) is 29.7 Å². The molecule has 4 rings (SSSR count). The zero-order chi connectivity index (χ0) is 15.6. The summed E-state index contributed by atoms with van der Waals surface area (Å²) >= 11 is 0. The van der Waals surface area contributed by atoms with E-state index in [0.29, 0.717) is 0 Å². The minimum atomic E-state index is 0.857. The van der Waals surface area contributed by atoms with Gasteiger partial charge in [-0.25, -0.2) is 15.0 Å². The predicted molar refractivity (Wildman–Crippen MR) is 87.5 cm³/mol. The molecule has 4 heterocycles. The van der Waals surface area contributed by atoms with Crippen LogP contribution >= 0.6 is 0 Å². The van der Waals surface area contributed by atoms with E-state index in [0.717, 1.165) is 55.4 Å². The Morgan fingerprint density at radius 3 is 2.57 bits per heavy atom. The summed E-state index contributed by atoms with van der Waals surface area (Å²) in [6, 6.07) is 1.99. The second-order valence-electron chi connectivity index (χ2n) is 5.47. The average Bonchev–Trinajstić information content (AvgIpc) is 3.06. The number of imidazole rings is 1. The molecule has 0 aliphatic carbocycles. The van der Waals surface area contributed by atoms with Crippen molar-refractivity contribution in [3.63, 3.8) is 0 Å². The summed E-state index contributed by atoms with van der Waals surface area (Å²) in [5, 5.41) is 7.78. The molecule has 0 saturated carbocycles. The molecule has 0 bridgehead atoms. The molecule has 0 unspecified atom stereocenters. The summed E-state index contributed by atoms with van der Waals surface area (Å²) in [4.78, 5) is 17.9. The van der Waals surface area contributed by atoms with Gasteiger partial charge in [0.1, 0.15) is 6.33 Å². The van der Waals surface area contributed by atoms with Gasteiger partial charge >= 0.3 is 0 Å². The Labute approximate surface area is 133 Å². The number of hydrogen-bond donors (Lipinski definition) is 0. The van der Waals surface area contributed by atoms with Crippen LogP contribution in [0.15, 0.2) is 31.1 Å². The van der Waals surface area contributed by atoms with E-state index in [1.54, 1.807) is 12.5 Å². The van der Waals surface area contributed by atoms with Gasteiger partial charge in [0.25, 0.3) is 0 Å². The van der Waals surface area contributed by atoms with Crippen LogP contribution in [0.3, 0.4) is 0 Å². The quantitative estimate of drug-likeness (QED) is 0.713. The average molecular weight is 310 g/mol. The van der Waals surface area contributed by atoms with Crippen molar-refractivity contribution >= 4 is 22.7 Å². The number of nitrogens with zero attached hydrogens (tertiary/aromatic N) is 8. The van der Waals surface area contributed by atoms with Crippen molar-refractivity contribution in [3.05, 3.63) is 31.1 Å². The summed E-state index contributed by atoms with van der Waals surface area (Å²) in [5.41, 5.74) is 2.90. The Balaban J connectivity index is 1.56. The van der Waals surface area contributed by atoms with Crippen LogP contribution in [0.1, 0.15) is 6.92 Å². The normalized spacial score (nSPS) is 15.3. The molecule has 3 aromatic rings. The van der Waals surface area contributed by atoms with Gasteiger partial charge in [-0.3, -0.25) is 0 Å². The van der Waals surface area contributed by atoms with Crippen LogP contribution in [0, 0.1) is 0 Å². The van der Waals surface area contributed by atoms with E-state index >= 15 is 0 Å². The molecule has 0 atom stereocenters. The summed E-state index contributed by atoms with van der Waals surface area (Å²) in [7, 11) is 0. The van der Waals surface area contributed by atoms with Crippen molar-refractivity contribution in [2.75, 3.05) is 36.0 Å². The van der Waals surface area contributed by atoms with Gasteiger partial charge in [0.05, 0.1) is 24.4 Å². The van der Waals surface area contributed by atoms with Crippen LogP contribution < -0.4 is 9.80 Å². The van der Waals surface area contributed by atoms with E-state index in [2.05, 4.69) is 41.9 Å². The van der Waals surface area contributed by atoms with Crippen LogP contribution in [-0.4, -0.2) is 55.9 Å². The van der Waals surface area contributed by atoms with Gasteiger partial charge in [-0.2, -0.15) is 10.2 Å². The number of fused-ring (bicyclic) bond motifs is 1. The largest absolute Gasteiger partial charge is 0.367 e. The van der Waals surface area contributed by atoms with Crippen molar-refractivity contribution in [2.45, 2.75) is 13.5 Å². The zero-order valence-corrected chi connectivity index (χ0v) is 13.0. The molecule has 118 valence electrons. The first kappa shape index (κ1) is 13.9. The maximum Gasteiger partial charge on any atom is 0.165 e. The van der Waals surface area contributed by atoms with E-state index in [1.165, 1.54) is 0 Å². The van der Waals surface area contributed by atoms with Crippen LogP contribution in [0.4, 0.5) is 11.5 Å². The lowest BCUT2D eigenvalue weighted by molar-refractivity contribution is 0.646. The van der Waals surface area contributed by atoms with Crippen LogP contribution in [0.2, 0.25) is 0 Å². The van der Waals surface area contributed by atoms with E-state index < -0.39 is 0 Å². The second-order valence-corrected chi connectivity index (χ2v) is 5.47. The van der Waals surface area contributed by atoms with Crippen molar-refractivity contribution in [1.29, 1.82) is 0 Å². The van der Waals surface area contributed by atoms with Crippen LogP contribution in [-0.2, 0) is 6.54 Å². The van der Waals surface area contributed by atoms with E-state index in [9.17, 15) is 0 Å². The number of aryl methyl sites for hydroxylation is 1. The molecular formula is C15H18N8. The van der Waals surface area contributed by atoms with Crippen LogP contribution in [0.25, 0.3) is 11.2 Å². The fraction of sp³-hybridized carbons (Fsp3) is 0.400. The first-order valence-electron chi connectivity index (χ1n) is 7.79. The van der Waals surface area contributed by atoms with E-state index in [1.807, 2.05) is 23.2 Å². The summed E-state index contributed by atoms with van der Waals surface area (Å²) in [5.74, 6) is 0.926. The lowest BCUT2D eigenvalue weighted by Gasteiger charge is -2.36. The molecule has 3 aromatic heterocycles. The van der Waals surface area contributed by atoms with Gasteiger partial charge in [-0.15, -0.1) is 0 Å². The monoisotopic (exact) mass is 310 g/mol. The number of aromatic nitrogens is 6. The number of anilines is 2. The molecule has 1 aliphatic heterocycles. The maximum absolute atomic E-state index is 4.51. The summed E-state index contributed by atoms with van der Waals surface area (Å²) < 4.78 is 2.04. The molecule has 1 saturated heterocycles. The van der Waals surface area contributed by atoms with Crippen molar-refractivity contribution < 1.29 is 0 Å². The Morgan fingerprint density at radius 2 is 1.83 bits per heavy atom. The number of piperazine rings is 1. The second kappa shape index (κ2) is 5.79. The smallest absolute Gasteiger partial charge is 0.165 e. The summed E-state index contributed by atoms with van der Waals surface area (Å²) in [6.07, 6.45) is 7.00. The molecule has 23 heavy (non-hydrogen) atoms. The number of rotatable bonds is 3. The molecule has 0 spiro atoms. The lowest BCUT2D eigenvalue weighted by atomic mass is 10.2. The Morgan fingerprint density at radius 1 is 1.00 bits per heavy atom. The van der Waals surface area contributed by atoms with Gasteiger partial charge in [-0.05, 0) is 13.0 Å². The maximum atomic E-state index is 4.51. The Kier molecular flexibility index (Phi) is 3.49. The highest BCUT2D eigenvalue weighted by Crippen LogP contribution is 2.23. The van der Waals surface area contributed by atoms with Crippen LogP contribution in [0.5, 0.6) is 0 Å². The van der Waals surface area contributed by atoms with Gasteiger partial charge in [0.15, 0.2) is 17.0 Å². The first-order valence-corrected chi connectivity index (χ1v) is 7.79. The third-order valence-electron chi connectivity index (χ3n) is 4.24. The molecule has 0 aromatic carbocycles. The summed E-state index contributed by atoms with van der Waals surface area (Å²) in [6.45, 7) is 6.58. The lowest BCUT2D eigenvalue weighted by Crippen LogP contribution is -2.47. The fourth-order valence-corrected chi connectivity index (χ4v) is 2.98. The molecule has 1 aliphatic rings. The van der Waals surface area contributed by atoms with Crippen molar-refractivity contribution in [2.24, 2.45) is 0 Å². The molecule has 1 fully saturated rings. The van der Waals surface area contributed by atoms with Gasteiger partial charge in [-0.1, -0.05) is 0 Å². The third kappa shape index (κ3) is 2.45. The molecule has 8 heteroatoms. The fourth-order valence-electron chi connectivity index (χ4n) is 2.98. The van der Waals surface area contributed by atoms with Gasteiger partial charge < -0.3 is 14.4 Å². The molecule has 8 nitrogen and oxygen atoms in total. The molecule has 0 amide bonds. The predicted octanol–water partition coefficient (Wildman–Crippen LogP) is 0.963. The topological polar surface area (TPSA) is 75.9 Å². The zero-order valence-electron chi connectivity index (χ0n) is 13.0. The minimum absolute atomic E-state index is 0.857. The highest BCUT2D eigenvalue weighted by atomic mass is 15.3. The first-order chi connectivity index (χ1) is 11.4. The van der Waals surface area contributed by atoms with Crippen molar-refractivity contribution in [3.8, 4) is 0 Å². The minimum Gasteiger partial charge on any atom is -0.367 e. The third-order valence-corrected chi connectivity index (χ3v) is 4.24. The molecule has 0 radical (unpaired) electrons. The highest BCUT2D eigenvalue weighted by molar-refractivity contribution is 5.83. The van der Waals surface area contributed by atoms with Gasteiger partial charge in [0, 0.05) is 32.7 Å². The molecule has 0 N–H and O–H groups in total. The highest BCUT2D eigenvalue weighted by Gasteiger charge is 2.21. The number of hydrogen-bond acceptors (Lipinski definition) is 7. The van der Waals surface area contributed by atoms with E-state index in [-0.39, 0.29) is 0 Å². The molecular weight excluding hydrogens is 292 g/mol.